The number of rotatable bonds is 0. The van der Waals surface area contributed by atoms with Gasteiger partial charge in [0.15, 0.2) is 0 Å². The van der Waals surface area contributed by atoms with Gasteiger partial charge >= 0.3 is 6.03 Å². The maximum absolute atomic E-state index is 11.6. The van der Waals surface area contributed by atoms with E-state index in [0.717, 1.165) is 25.9 Å². The maximum atomic E-state index is 11.6. The number of nitrogens with zero attached hydrogens (tertiary/aromatic N) is 2. The van der Waals surface area contributed by atoms with E-state index in [-0.39, 0.29) is 6.03 Å². The fraction of sp³-hybridized carbons (Fsp3) is 0.444. The molecule has 0 aromatic heterocycles. The predicted molar refractivity (Wildman–Crippen MR) is 46.3 cm³/mol. The van der Waals surface area contributed by atoms with Gasteiger partial charge in [0, 0.05) is 25.5 Å². The van der Waals surface area contributed by atoms with Crippen LogP contribution in [0.4, 0.5) is 4.79 Å². The van der Waals surface area contributed by atoms with Gasteiger partial charge in [-0.3, -0.25) is 0 Å². The van der Waals surface area contributed by atoms with Gasteiger partial charge in [-0.1, -0.05) is 12.2 Å². The molecule has 64 valence electrons. The highest BCUT2D eigenvalue weighted by Gasteiger charge is 2.20. The molecule has 0 N–H and O–H groups in total. The van der Waals surface area contributed by atoms with Crippen LogP contribution < -0.4 is 0 Å². The summed E-state index contributed by atoms with van der Waals surface area (Å²) < 4.78 is 0. The molecule has 2 heterocycles. The fourth-order valence-electron chi connectivity index (χ4n) is 1.46. The molecule has 0 bridgehead atoms. The Labute approximate surface area is 71.9 Å². The first-order chi connectivity index (χ1) is 5.88. The molecule has 12 heavy (non-hydrogen) atoms. The summed E-state index contributed by atoms with van der Waals surface area (Å²) in [5, 5.41) is 0. The van der Waals surface area contributed by atoms with Crippen LogP contribution in [-0.2, 0) is 0 Å². The molecule has 0 aromatic carbocycles. The summed E-state index contributed by atoms with van der Waals surface area (Å²) in [6, 6.07) is 0.109. The second-order valence-corrected chi connectivity index (χ2v) is 3.02. The molecule has 0 spiro atoms. The largest absolute Gasteiger partial charge is 0.328 e. The Morgan fingerprint density at radius 3 is 1.83 bits per heavy atom. The van der Waals surface area contributed by atoms with Gasteiger partial charge in [0.25, 0.3) is 0 Å². The van der Waals surface area contributed by atoms with E-state index < -0.39 is 0 Å². The van der Waals surface area contributed by atoms with E-state index >= 15 is 0 Å². The van der Waals surface area contributed by atoms with Crippen LogP contribution in [0.3, 0.4) is 0 Å². The van der Waals surface area contributed by atoms with E-state index in [9.17, 15) is 4.79 Å². The third-order valence-electron chi connectivity index (χ3n) is 2.14. The standard InChI is InChI=1S/C9H12N2O/c12-9(10-5-1-2-6-10)11-7-3-4-8-11/h1,3,5,7H,2,4,6,8H2. The first kappa shape index (κ1) is 7.40. The summed E-state index contributed by atoms with van der Waals surface area (Å²) in [6.07, 6.45) is 9.77. The Bertz CT molecular complexity index is 221. The molecule has 3 heteroatoms. The van der Waals surface area contributed by atoms with E-state index in [1.54, 1.807) is 9.80 Å². The minimum Gasteiger partial charge on any atom is -0.301 e. The molecular weight excluding hydrogens is 152 g/mol. The summed E-state index contributed by atoms with van der Waals surface area (Å²) in [7, 11) is 0. The van der Waals surface area contributed by atoms with E-state index in [2.05, 4.69) is 0 Å². The molecule has 3 nitrogen and oxygen atoms in total. The van der Waals surface area contributed by atoms with Gasteiger partial charge < -0.3 is 9.80 Å². The first-order valence-corrected chi connectivity index (χ1v) is 4.28. The lowest BCUT2D eigenvalue weighted by molar-refractivity contribution is 0.192. The topological polar surface area (TPSA) is 23.6 Å². The van der Waals surface area contributed by atoms with Crippen LogP contribution in [0, 0.1) is 0 Å². The number of amides is 2. The van der Waals surface area contributed by atoms with Crippen molar-refractivity contribution in [2.24, 2.45) is 0 Å². The van der Waals surface area contributed by atoms with Crippen LogP contribution in [0.25, 0.3) is 0 Å². The molecule has 0 radical (unpaired) electrons. The Balaban J connectivity index is 1.99. The summed E-state index contributed by atoms with van der Waals surface area (Å²) in [5.74, 6) is 0. The third-order valence-corrected chi connectivity index (χ3v) is 2.14. The number of urea groups is 1. The average Bonchev–Trinajstić information content (AvgIpc) is 2.77. The quantitative estimate of drug-likeness (QED) is 0.532. The van der Waals surface area contributed by atoms with Crippen LogP contribution in [0.2, 0.25) is 0 Å². The number of carbonyl (C=O) groups excluding carboxylic acids is 1. The minimum atomic E-state index is 0.109. The summed E-state index contributed by atoms with van der Waals surface area (Å²) >= 11 is 0. The lowest BCUT2D eigenvalue weighted by Gasteiger charge is -2.20. The van der Waals surface area contributed by atoms with Gasteiger partial charge in [-0.25, -0.2) is 4.79 Å². The van der Waals surface area contributed by atoms with Gasteiger partial charge in [0.2, 0.25) is 0 Å². The van der Waals surface area contributed by atoms with Crippen molar-refractivity contribution in [3.8, 4) is 0 Å². The van der Waals surface area contributed by atoms with Crippen LogP contribution in [-0.4, -0.2) is 28.9 Å². The molecule has 0 aliphatic carbocycles. The van der Waals surface area contributed by atoms with Gasteiger partial charge in [0.05, 0.1) is 0 Å². The minimum absolute atomic E-state index is 0.109. The van der Waals surface area contributed by atoms with Crippen LogP contribution in [0.15, 0.2) is 24.6 Å². The predicted octanol–water partition coefficient (Wildman–Crippen LogP) is 1.55. The van der Waals surface area contributed by atoms with Gasteiger partial charge in [0.1, 0.15) is 0 Å². The molecular formula is C9H12N2O. The van der Waals surface area contributed by atoms with E-state index in [1.807, 2.05) is 24.6 Å². The molecule has 2 amide bonds. The summed E-state index contributed by atoms with van der Waals surface area (Å²) in [4.78, 5) is 15.1. The first-order valence-electron chi connectivity index (χ1n) is 4.28. The smallest absolute Gasteiger partial charge is 0.301 e. The molecule has 2 aliphatic rings. The lowest BCUT2D eigenvalue weighted by Crippen LogP contribution is -2.35. The van der Waals surface area contributed by atoms with E-state index in [4.69, 9.17) is 0 Å². The van der Waals surface area contributed by atoms with Crippen LogP contribution in [0.1, 0.15) is 12.8 Å². The van der Waals surface area contributed by atoms with Crippen molar-refractivity contribution in [2.75, 3.05) is 13.1 Å². The highest BCUT2D eigenvalue weighted by molar-refractivity contribution is 5.77. The van der Waals surface area contributed by atoms with Crippen molar-refractivity contribution in [3.63, 3.8) is 0 Å². The molecule has 2 rings (SSSR count). The van der Waals surface area contributed by atoms with Crippen molar-refractivity contribution in [1.82, 2.24) is 9.80 Å². The van der Waals surface area contributed by atoms with Gasteiger partial charge in [-0.15, -0.1) is 0 Å². The molecule has 0 saturated carbocycles. The molecule has 2 aliphatic heterocycles. The summed E-state index contributed by atoms with van der Waals surface area (Å²) in [5.41, 5.74) is 0. The Kier molecular flexibility index (Phi) is 1.86. The molecule has 0 fully saturated rings. The molecule has 0 aromatic rings. The van der Waals surface area contributed by atoms with Crippen molar-refractivity contribution in [3.05, 3.63) is 24.6 Å². The van der Waals surface area contributed by atoms with Crippen LogP contribution in [0.5, 0.6) is 0 Å². The normalized spacial score (nSPS) is 21.0. The molecule has 0 atom stereocenters. The Morgan fingerprint density at radius 2 is 1.50 bits per heavy atom. The number of carbonyl (C=O) groups is 1. The van der Waals surface area contributed by atoms with Crippen molar-refractivity contribution in [2.45, 2.75) is 12.8 Å². The SMILES string of the molecule is O=C(N1C=CCC1)N1C=CCC1. The second-order valence-electron chi connectivity index (χ2n) is 3.02. The highest BCUT2D eigenvalue weighted by Crippen LogP contribution is 2.12. The van der Waals surface area contributed by atoms with Crippen molar-refractivity contribution in [1.29, 1.82) is 0 Å². The van der Waals surface area contributed by atoms with E-state index in [0.29, 0.717) is 0 Å². The zero-order valence-corrected chi connectivity index (χ0v) is 6.94. The highest BCUT2D eigenvalue weighted by atomic mass is 16.2. The monoisotopic (exact) mass is 164 g/mol. The Hall–Kier alpha value is -1.25. The molecule has 0 saturated heterocycles. The Morgan fingerprint density at radius 1 is 1.00 bits per heavy atom. The number of hydrogen-bond donors (Lipinski definition) is 0. The number of hydrogen-bond acceptors (Lipinski definition) is 1. The van der Waals surface area contributed by atoms with Gasteiger partial charge in [-0.05, 0) is 12.8 Å². The summed E-state index contributed by atoms with van der Waals surface area (Å²) in [6.45, 7) is 1.67. The van der Waals surface area contributed by atoms with Crippen molar-refractivity contribution < 1.29 is 4.79 Å². The van der Waals surface area contributed by atoms with E-state index in [1.165, 1.54) is 0 Å². The van der Waals surface area contributed by atoms with Gasteiger partial charge in [-0.2, -0.15) is 0 Å². The second kappa shape index (κ2) is 3.01. The zero-order chi connectivity index (χ0) is 8.39. The lowest BCUT2D eigenvalue weighted by atomic mass is 10.5. The molecule has 0 unspecified atom stereocenters. The fourth-order valence-corrected chi connectivity index (χ4v) is 1.46. The van der Waals surface area contributed by atoms with Crippen molar-refractivity contribution >= 4 is 6.03 Å². The zero-order valence-electron chi connectivity index (χ0n) is 6.94. The van der Waals surface area contributed by atoms with Crippen LogP contribution >= 0.6 is 0 Å². The maximum Gasteiger partial charge on any atom is 0.328 e. The third kappa shape index (κ3) is 1.22. The average molecular weight is 164 g/mol.